The Bertz CT molecular complexity index is 1100. The second kappa shape index (κ2) is 10.6. The lowest BCUT2D eigenvalue weighted by Crippen LogP contribution is -2.58. The molecule has 1 aliphatic heterocycles. The second-order valence-electron chi connectivity index (χ2n) is 7.69. The van der Waals surface area contributed by atoms with Gasteiger partial charge >= 0.3 is 0 Å². The molecule has 0 saturated carbocycles. The van der Waals surface area contributed by atoms with Crippen LogP contribution in [0.25, 0.3) is 11.1 Å². The molecule has 0 unspecified atom stereocenters. The van der Waals surface area contributed by atoms with E-state index < -0.39 is 6.04 Å². The molecule has 1 N–H and O–H groups in total. The van der Waals surface area contributed by atoms with E-state index in [0.29, 0.717) is 37.6 Å². The standard InChI is InChI=1S/C26H27N3O4/c1-2-32-21-7-5-8-22(17-21)33-18-25(30)29-15-14-28-26(31)24(29)16-20-6-3-4-9-23(20)19-10-12-27-13-11-19/h3-13,17,24H,2,14-16,18H2,1H3,(H,28,31)/t24-/m0/s1. The van der Waals surface area contributed by atoms with Crippen molar-refractivity contribution in [2.24, 2.45) is 0 Å². The van der Waals surface area contributed by atoms with Crippen LogP contribution < -0.4 is 14.8 Å². The zero-order valence-corrected chi connectivity index (χ0v) is 18.6. The Morgan fingerprint density at radius 2 is 1.82 bits per heavy atom. The van der Waals surface area contributed by atoms with Crippen molar-refractivity contribution in [1.82, 2.24) is 15.2 Å². The molecule has 7 nitrogen and oxygen atoms in total. The van der Waals surface area contributed by atoms with Crippen molar-refractivity contribution in [3.8, 4) is 22.6 Å². The summed E-state index contributed by atoms with van der Waals surface area (Å²) in [5.74, 6) is 0.858. The van der Waals surface area contributed by atoms with Crippen LogP contribution >= 0.6 is 0 Å². The average molecular weight is 446 g/mol. The van der Waals surface area contributed by atoms with Crippen LogP contribution in [0, 0.1) is 0 Å². The molecule has 3 aromatic rings. The third-order valence-electron chi connectivity index (χ3n) is 5.55. The van der Waals surface area contributed by atoms with Crippen LogP contribution in [0.5, 0.6) is 11.5 Å². The lowest BCUT2D eigenvalue weighted by Gasteiger charge is -2.35. The Kier molecular flexibility index (Phi) is 7.19. The van der Waals surface area contributed by atoms with Gasteiger partial charge in [0.25, 0.3) is 5.91 Å². The van der Waals surface area contributed by atoms with Crippen LogP contribution in [-0.4, -0.2) is 54.0 Å². The van der Waals surface area contributed by atoms with Gasteiger partial charge in [0.2, 0.25) is 5.91 Å². The number of carbonyl (C=O) groups is 2. The van der Waals surface area contributed by atoms with E-state index in [2.05, 4.69) is 10.3 Å². The number of hydrogen-bond acceptors (Lipinski definition) is 5. The highest BCUT2D eigenvalue weighted by Gasteiger charge is 2.33. The fraction of sp³-hybridized carbons (Fsp3) is 0.269. The number of ether oxygens (including phenoxy) is 2. The number of nitrogens with zero attached hydrogens (tertiary/aromatic N) is 2. The molecule has 1 saturated heterocycles. The van der Waals surface area contributed by atoms with Gasteiger partial charge in [-0.15, -0.1) is 0 Å². The highest BCUT2D eigenvalue weighted by atomic mass is 16.5. The molecule has 1 fully saturated rings. The Hall–Kier alpha value is -3.87. The second-order valence-corrected chi connectivity index (χ2v) is 7.69. The van der Waals surface area contributed by atoms with E-state index in [0.717, 1.165) is 16.7 Å². The number of amides is 2. The van der Waals surface area contributed by atoms with Crippen molar-refractivity contribution in [3.05, 3.63) is 78.6 Å². The van der Waals surface area contributed by atoms with Gasteiger partial charge in [-0.1, -0.05) is 30.3 Å². The third-order valence-corrected chi connectivity index (χ3v) is 5.55. The molecule has 0 aliphatic carbocycles. The number of pyridine rings is 1. The molecule has 33 heavy (non-hydrogen) atoms. The molecule has 1 atom stereocenters. The van der Waals surface area contributed by atoms with E-state index in [-0.39, 0.29) is 18.4 Å². The quantitative estimate of drug-likeness (QED) is 0.576. The summed E-state index contributed by atoms with van der Waals surface area (Å²) in [5, 5.41) is 2.89. The van der Waals surface area contributed by atoms with Crippen molar-refractivity contribution >= 4 is 11.8 Å². The molecule has 0 radical (unpaired) electrons. The van der Waals surface area contributed by atoms with Gasteiger partial charge in [-0.05, 0) is 47.9 Å². The zero-order valence-electron chi connectivity index (χ0n) is 18.6. The minimum absolute atomic E-state index is 0.147. The molecule has 2 amide bonds. The number of aromatic nitrogens is 1. The first-order valence-corrected chi connectivity index (χ1v) is 11.1. The number of carbonyl (C=O) groups excluding carboxylic acids is 2. The van der Waals surface area contributed by atoms with Gasteiger partial charge in [0.1, 0.15) is 17.5 Å². The van der Waals surface area contributed by atoms with Gasteiger partial charge in [-0.2, -0.15) is 0 Å². The fourth-order valence-electron chi connectivity index (χ4n) is 3.98. The predicted molar refractivity (Wildman–Crippen MR) is 125 cm³/mol. The van der Waals surface area contributed by atoms with Crippen LogP contribution in [0.4, 0.5) is 0 Å². The molecule has 4 rings (SSSR count). The van der Waals surface area contributed by atoms with Crippen LogP contribution in [0.2, 0.25) is 0 Å². The SMILES string of the molecule is CCOc1cccc(OCC(=O)N2CCNC(=O)[C@@H]2Cc2ccccc2-c2ccncc2)c1. The van der Waals surface area contributed by atoms with E-state index in [9.17, 15) is 9.59 Å². The first-order valence-electron chi connectivity index (χ1n) is 11.1. The first-order chi connectivity index (χ1) is 16.2. The number of benzene rings is 2. The summed E-state index contributed by atoms with van der Waals surface area (Å²) in [6.45, 7) is 3.17. The average Bonchev–Trinajstić information content (AvgIpc) is 2.85. The maximum Gasteiger partial charge on any atom is 0.261 e. The van der Waals surface area contributed by atoms with Crippen molar-refractivity contribution in [3.63, 3.8) is 0 Å². The summed E-state index contributed by atoms with van der Waals surface area (Å²) >= 11 is 0. The largest absolute Gasteiger partial charge is 0.494 e. The summed E-state index contributed by atoms with van der Waals surface area (Å²) in [6, 6.07) is 18.4. The molecule has 0 spiro atoms. The van der Waals surface area contributed by atoms with Crippen LogP contribution in [0.3, 0.4) is 0 Å². The van der Waals surface area contributed by atoms with Gasteiger partial charge in [0, 0.05) is 38.0 Å². The van der Waals surface area contributed by atoms with E-state index in [1.165, 1.54) is 0 Å². The molecule has 0 bridgehead atoms. The minimum atomic E-state index is -0.604. The van der Waals surface area contributed by atoms with E-state index >= 15 is 0 Å². The number of rotatable bonds is 8. The maximum atomic E-state index is 13.1. The lowest BCUT2D eigenvalue weighted by molar-refractivity contribution is -0.144. The third kappa shape index (κ3) is 5.49. The number of piperazine rings is 1. The van der Waals surface area contributed by atoms with Crippen molar-refractivity contribution in [2.45, 2.75) is 19.4 Å². The van der Waals surface area contributed by atoms with E-state index in [1.807, 2.05) is 55.5 Å². The summed E-state index contributed by atoms with van der Waals surface area (Å²) < 4.78 is 11.2. The van der Waals surface area contributed by atoms with E-state index in [1.54, 1.807) is 29.4 Å². The normalized spacial score (nSPS) is 15.6. The van der Waals surface area contributed by atoms with Gasteiger partial charge in [-0.25, -0.2) is 0 Å². The minimum Gasteiger partial charge on any atom is -0.494 e. The molecular formula is C26H27N3O4. The Morgan fingerprint density at radius 3 is 2.61 bits per heavy atom. The van der Waals surface area contributed by atoms with Gasteiger partial charge in [0.05, 0.1) is 6.61 Å². The lowest BCUT2D eigenvalue weighted by atomic mass is 9.94. The van der Waals surface area contributed by atoms with Crippen LogP contribution in [0.15, 0.2) is 73.1 Å². The highest BCUT2D eigenvalue weighted by molar-refractivity contribution is 5.90. The first kappa shape index (κ1) is 22.3. The monoisotopic (exact) mass is 445 g/mol. The summed E-state index contributed by atoms with van der Waals surface area (Å²) in [7, 11) is 0. The number of hydrogen-bond donors (Lipinski definition) is 1. The van der Waals surface area contributed by atoms with Gasteiger partial charge in [-0.3, -0.25) is 14.6 Å². The smallest absolute Gasteiger partial charge is 0.261 e. The molecule has 170 valence electrons. The molecule has 1 aromatic heterocycles. The highest BCUT2D eigenvalue weighted by Crippen LogP contribution is 2.26. The van der Waals surface area contributed by atoms with Crippen molar-refractivity contribution in [2.75, 3.05) is 26.3 Å². The van der Waals surface area contributed by atoms with Gasteiger partial charge in [0.15, 0.2) is 6.61 Å². The van der Waals surface area contributed by atoms with Crippen LogP contribution in [-0.2, 0) is 16.0 Å². The summed E-state index contributed by atoms with van der Waals surface area (Å²) in [5.41, 5.74) is 3.04. The van der Waals surface area contributed by atoms with E-state index in [4.69, 9.17) is 9.47 Å². The number of nitrogens with one attached hydrogen (secondary N) is 1. The van der Waals surface area contributed by atoms with Gasteiger partial charge < -0.3 is 19.7 Å². The van der Waals surface area contributed by atoms with Crippen molar-refractivity contribution < 1.29 is 19.1 Å². The Balaban J connectivity index is 1.49. The summed E-state index contributed by atoms with van der Waals surface area (Å²) in [6.07, 6.45) is 3.90. The molecule has 1 aliphatic rings. The van der Waals surface area contributed by atoms with Crippen LogP contribution in [0.1, 0.15) is 12.5 Å². The molecule has 7 heteroatoms. The maximum absolute atomic E-state index is 13.1. The molecular weight excluding hydrogens is 418 g/mol. The predicted octanol–water partition coefficient (Wildman–Crippen LogP) is 3.10. The fourth-order valence-corrected chi connectivity index (χ4v) is 3.98. The Morgan fingerprint density at radius 1 is 1.06 bits per heavy atom. The molecule has 2 heterocycles. The zero-order chi connectivity index (χ0) is 23.0. The molecule has 2 aromatic carbocycles. The van der Waals surface area contributed by atoms with Crippen molar-refractivity contribution in [1.29, 1.82) is 0 Å². The summed E-state index contributed by atoms with van der Waals surface area (Å²) in [4.78, 5) is 31.5. The topological polar surface area (TPSA) is 80.8 Å². The Labute approximate surface area is 193 Å².